The van der Waals surface area contributed by atoms with Crippen LogP contribution in [0.15, 0.2) is 34.9 Å². The van der Waals surface area contributed by atoms with Gasteiger partial charge in [0.2, 0.25) is 0 Å². The zero-order chi connectivity index (χ0) is 14.5. The van der Waals surface area contributed by atoms with Crippen LogP contribution in [0.1, 0.15) is 30.6 Å². The summed E-state index contributed by atoms with van der Waals surface area (Å²) >= 11 is 3.24. The number of rotatable bonds is 6. The van der Waals surface area contributed by atoms with E-state index >= 15 is 0 Å². The molecule has 5 heteroatoms. The minimum absolute atomic E-state index is 0.180. The first-order chi connectivity index (χ1) is 9.61. The molecule has 20 heavy (non-hydrogen) atoms. The first kappa shape index (κ1) is 15.2. The van der Waals surface area contributed by atoms with Gasteiger partial charge in [-0.25, -0.2) is 4.39 Å². The van der Waals surface area contributed by atoms with Gasteiger partial charge in [-0.05, 0) is 59.1 Å². The van der Waals surface area contributed by atoms with Crippen molar-refractivity contribution in [2.45, 2.75) is 25.8 Å². The SMILES string of the molecule is CCCNC(Cc1ccc(F)c(Br)c1)c1ccnn1C. The van der Waals surface area contributed by atoms with Gasteiger partial charge in [0.1, 0.15) is 5.82 Å². The fraction of sp³-hybridized carbons (Fsp3) is 0.400. The largest absolute Gasteiger partial charge is 0.308 e. The molecule has 3 nitrogen and oxygen atoms in total. The Bertz CT molecular complexity index is 568. The highest BCUT2D eigenvalue weighted by Crippen LogP contribution is 2.22. The summed E-state index contributed by atoms with van der Waals surface area (Å²) in [7, 11) is 1.94. The minimum atomic E-state index is -0.229. The highest BCUT2D eigenvalue weighted by molar-refractivity contribution is 9.10. The summed E-state index contributed by atoms with van der Waals surface area (Å²) < 4.78 is 15.7. The molecule has 1 unspecified atom stereocenters. The molecule has 1 aromatic heterocycles. The maximum absolute atomic E-state index is 13.3. The van der Waals surface area contributed by atoms with Crippen LogP contribution in [0.5, 0.6) is 0 Å². The van der Waals surface area contributed by atoms with E-state index in [4.69, 9.17) is 0 Å². The maximum Gasteiger partial charge on any atom is 0.137 e. The summed E-state index contributed by atoms with van der Waals surface area (Å²) in [5.41, 5.74) is 2.23. The Labute approximate surface area is 127 Å². The van der Waals surface area contributed by atoms with E-state index in [2.05, 4.69) is 33.3 Å². The summed E-state index contributed by atoms with van der Waals surface area (Å²) in [6.07, 6.45) is 3.68. The second-order valence-corrected chi connectivity index (χ2v) is 5.69. The third-order valence-electron chi connectivity index (χ3n) is 3.28. The lowest BCUT2D eigenvalue weighted by Gasteiger charge is -2.19. The van der Waals surface area contributed by atoms with Gasteiger partial charge in [-0.15, -0.1) is 0 Å². The Balaban J connectivity index is 2.19. The molecule has 0 bridgehead atoms. The Morgan fingerprint density at radius 1 is 1.40 bits per heavy atom. The smallest absolute Gasteiger partial charge is 0.137 e. The van der Waals surface area contributed by atoms with E-state index in [9.17, 15) is 4.39 Å². The second kappa shape index (κ2) is 6.99. The topological polar surface area (TPSA) is 29.9 Å². The van der Waals surface area contributed by atoms with Crippen molar-refractivity contribution in [1.82, 2.24) is 15.1 Å². The molecule has 1 heterocycles. The third-order valence-corrected chi connectivity index (χ3v) is 3.89. The van der Waals surface area contributed by atoms with Crippen LogP contribution in [0.2, 0.25) is 0 Å². The van der Waals surface area contributed by atoms with E-state index < -0.39 is 0 Å². The first-order valence-corrected chi connectivity index (χ1v) is 7.56. The maximum atomic E-state index is 13.3. The molecule has 0 amide bonds. The van der Waals surface area contributed by atoms with Crippen LogP contribution in [0.25, 0.3) is 0 Å². The Morgan fingerprint density at radius 2 is 2.20 bits per heavy atom. The lowest BCUT2D eigenvalue weighted by Crippen LogP contribution is -2.26. The third kappa shape index (κ3) is 3.67. The van der Waals surface area contributed by atoms with Crippen molar-refractivity contribution in [3.8, 4) is 0 Å². The van der Waals surface area contributed by atoms with E-state index in [1.165, 1.54) is 6.07 Å². The standard InChI is InChI=1S/C15H19BrFN3/c1-3-7-18-14(15-6-8-19-20(15)2)10-11-4-5-13(17)12(16)9-11/h4-6,8-9,14,18H,3,7,10H2,1-2H3. The molecule has 0 saturated carbocycles. The molecule has 0 radical (unpaired) electrons. The normalized spacial score (nSPS) is 12.6. The van der Waals surface area contributed by atoms with Crippen molar-refractivity contribution in [3.05, 3.63) is 52.0 Å². The molecule has 0 aliphatic carbocycles. The van der Waals surface area contributed by atoms with Crippen LogP contribution in [0.3, 0.4) is 0 Å². The molecule has 2 aromatic rings. The number of halogens is 2. The number of hydrogen-bond donors (Lipinski definition) is 1. The molecule has 0 saturated heterocycles. The van der Waals surface area contributed by atoms with Crippen molar-refractivity contribution in [1.29, 1.82) is 0 Å². The average molecular weight is 340 g/mol. The molecule has 108 valence electrons. The average Bonchev–Trinajstić information content (AvgIpc) is 2.85. The van der Waals surface area contributed by atoms with Crippen LogP contribution in [-0.4, -0.2) is 16.3 Å². The lowest BCUT2D eigenvalue weighted by molar-refractivity contribution is 0.493. The van der Waals surface area contributed by atoms with E-state index in [-0.39, 0.29) is 11.9 Å². The number of nitrogens with zero attached hydrogens (tertiary/aromatic N) is 2. The fourth-order valence-electron chi connectivity index (χ4n) is 2.23. The quantitative estimate of drug-likeness (QED) is 0.871. The van der Waals surface area contributed by atoms with E-state index in [0.717, 1.165) is 30.6 Å². The van der Waals surface area contributed by atoms with Crippen molar-refractivity contribution in [3.63, 3.8) is 0 Å². The van der Waals surface area contributed by atoms with Gasteiger partial charge in [-0.3, -0.25) is 4.68 Å². The van der Waals surface area contributed by atoms with Crippen molar-refractivity contribution < 1.29 is 4.39 Å². The van der Waals surface area contributed by atoms with E-state index in [1.807, 2.05) is 29.9 Å². The molecule has 0 aliphatic heterocycles. The number of aryl methyl sites for hydroxylation is 1. The number of hydrogen-bond acceptors (Lipinski definition) is 2. The molecular formula is C15H19BrFN3. The Kier molecular flexibility index (Phi) is 5.31. The Hall–Kier alpha value is -1.20. The van der Waals surface area contributed by atoms with Gasteiger partial charge < -0.3 is 5.32 Å². The first-order valence-electron chi connectivity index (χ1n) is 6.77. The fourth-order valence-corrected chi connectivity index (χ4v) is 2.65. The predicted octanol–water partition coefficient (Wildman–Crippen LogP) is 3.61. The molecule has 1 N–H and O–H groups in total. The zero-order valence-corrected chi connectivity index (χ0v) is 13.3. The summed E-state index contributed by atoms with van der Waals surface area (Å²) in [6.45, 7) is 3.08. The molecular weight excluding hydrogens is 321 g/mol. The zero-order valence-electron chi connectivity index (χ0n) is 11.7. The van der Waals surface area contributed by atoms with Crippen molar-refractivity contribution in [2.24, 2.45) is 7.05 Å². The lowest BCUT2D eigenvalue weighted by atomic mass is 10.0. The summed E-state index contributed by atoms with van der Waals surface area (Å²) in [4.78, 5) is 0. The van der Waals surface area contributed by atoms with Gasteiger partial charge in [0.05, 0.1) is 16.2 Å². The van der Waals surface area contributed by atoms with Crippen molar-refractivity contribution >= 4 is 15.9 Å². The van der Waals surface area contributed by atoms with Crippen LogP contribution in [-0.2, 0) is 13.5 Å². The second-order valence-electron chi connectivity index (χ2n) is 4.84. The van der Waals surface area contributed by atoms with Crippen LogP contribution >= 0.6 is 15.9 Å². The van der Waals surface area contributed by atoms with Crippen molar-refractivity contribution in [2.75, 3.05) is 6.54 Å². The molecule has 0 aliphatic rings. The van der Waals surface area contributed by atoms with Gasteiger partial charge in [-0.1, -0.05) is 13.0 Å². The minimum Gasteiger partial charge on any atom is -0.308 e. The number of benzene rings is 1. The summed E-state index contributed by atoms with van der Waals surface area (Å²) in [5, 5.41) is 7.75. The monoisotopic (exact) mass is 339 g/mol. The summed E-state index contributed by atoms with van der Waals surface area (Å²) in [6, 6.07) is 7.37. The van der Waals surface area contributed by atoms with Gasteiger partial charge >= 0.3 is 0 Å². The molecule has 0 fully saturated rings. The predicted molar refractivity (Wildman–Crippen MR) is 82.0 cm³/mol. The highest BCUT2D eigenvalue weighted by Gasteiger charge is 2.15. The van der Waals surface area contributed by atoms with Crippen LogP contribution < -0.4 is 5.32 Å². The number of aromatic nitrogens is 2. The molecule has 0 spiro atoms. The number of nitrogens with one attached hydrogen (secondary N) is 1. The van der Waals surface area contributed by atoms with E-state index in [1.54, 1.807) is 6.20 Å². The van der Waals surface area contributed by atoms with Gasteiger partial charge in [0.15, 0.2) is 0 Å². The van der Waals surface area contributed by atoms with E-state index in [0.29, 0.717) is 4.47 Å². The van der Waals surface area contributed by atoms with Crippen LogP contribution in [0, 0.1) is 5.82 Å². The molecule has 2 rings (SSSR count). The van der Waals surface area contributed by atoms with Gasteiger partial charge in [0, 0.05) is 13.2 Å². The molecule has 1 aromatic carbocycles. The molecule has 1 atom stereocenters. The highest BCUT2D eigenvalue weighted by atomic mass is 79.9. The van der Waals surface area contributed by atoms with Gasteiger partial charge in [0.25, 0.3) is 0 Å². The van der Waals surface area contributed by atoms with Crippen LogP contribution in [0.4, 0.5) is 4.39 Å². The van der Waals surface area contributed by atoms with Gasteiger partial charge in [-0.2, -0.15) is 5.10 Å². The summed E-state index contributed by atoms with van der Waals surface area (Å²) in [5.74, 6) is -0.229. The Morgan fingerprint density at radius 3 is 2.80 bits per heavy atom.